The maximum Gasteiger partial charge on any atom is 0.279 e. The predicted octanol–water partition coefficient (Wildman–Crippen LogP) is 3.88. The summed E-state index contributed by atoms with van der Waals surface area (Å²) in [6.07, 6.45) is 0. The van der Waals surface area contributed by atoms with Crippen LogP contribution in [-0.2, 0) is 5.41 Å². The van der Waals surface area contributed by atoms with E-state index in [1.807, 2.05) is 6.07 Å². The molecule has 2 amide bonds. The van der Waals surface area contributed by atoms with Gasteiger partial charge in [0.2, 0.25) is 0 Å². The van der Waals surface area contributed by atoms with Crippen LogP contribution in [0.3, 0.4) is 0 Å². The Kier molecular flexibility index (Phi) is 5.03. The van der Waals surface area contributed by atoms with Gasteiger partial charge in [-0.2, -0.15) is 0 Å². The average Bonchev–Trinajstić information content (AvgIpc) is 2.97. The van der Waals surface area contributed by atoms with Crippen molar-refractivity contribution in [1.29, 1.82) is 0 Å². The Hall–Kier alpha value is -1.66. The number of carbonyl (C=O) groups is 2. The Labute approximate surface area is 142 Å². The first-order chi connectivity index (χ1) is 10.3. The number of halogens is 1. The summed E-state index contributed by atoms with van der Waals surface area (Å²) in [4.78, 5) is 24.4. The van der Waals surface area contributed by atoms with Crippen LogP contribution in [0.15, 0.2) is 40.2 Å². The van der Waals surface area contributed by atoms with Gasteiger partial charge in [0.1, 0.15) is 0 Å². The molecule has 0 saturated carbocycles. The molecule has 0 unspecified atom stereocenters. The molecule has 0 aliphatic rings. The molecular weight excluding hydrogens is 364 g/mol. The zero-order chi connectivity index (χ0) is 16.3. The maximum absolute atomic E-state index is 12.1. The molecule has 0 bridgehead atoms. The van der Waals surface area contributed by atoms with E-state index in [1.165, 1.54) is 11.3 Å². The molecule has 6 heteroatoms. The SMILES string of the molecule is CC(C)(C)c1ccc(C(=O)NNC(=O)c2cccs2)cc1Br. The highest BCUT2D eigenvalue weighted by Crippen LogP contribution is 2.30. The monoisotopic (exact) mass is 380 g/mol. The minimum absolute atomic E-state index is 0.0127. The summed E-state index contributed by atoms with van der Waals surface area (Å²) in [6, 6.07) is 8.90. The molecule has 0 saturated heterocycles. The van der Waals surface area contributed by atoms with Crippen LogP contribution in [0.5, 0.6) is 0 Å². The van der Waals surface area contributed by atoms with E-state index >= 15 is 0 Å². The fraction of sp³-hybridized carbons (Fsp3) is 0.250. The zero-order valence-corrected chi connectivity index (χ0v) is 15.0. The lowest BCUT2D eigenvalue weighted by Crippen LogP contribution is -2.41. The number of rotatable bonds is 2. The molecule has 0 aliphatic carbocycles. The molecule has 0 aliphatic heterocycles. The molecule has 0 radical (unpaired) electrons. The van der Waals surface area contributed by atoms with Crippen molar-refractivity contribution in [3.05, 3.63) is 56.2 Å². The molecular formula is C16H17BrN2O2S. The van der Waals surface area contributed by atoms with Crippen LogP contribution in [0, 0.1) is 0 Å². The van der Waals surface area contributed by atoms with E-state index in [4.69, 9.17) is 0 Å². The van der Waals surface area contributed by atoms with Crippen molar-refractivity contribution in [3.8, 4) is 0 Å². The molecule has 116 valence electrons. The van der Waals surface area contributed by atoms with E-state index < -0.39 is 0 Å². The van der Waals surface area contributed by atoms with Gasteiger partial charge >= 0.3 is 0 Å². The third-order valence-corrected chi connectivity index (χ3v) is 4.60. The van der Waals surface area contributed by atoms with E-state index in [2.05, 4.69) is 47.6 Å². The molecule has 4 nitrogen and oxygen atoms in total. The van der Waals surface area contributed by atoms with Gasteiger partial charge in [0.15, 0.2) is 0 Å². The number of thiophene rings is 1. The molecule has 2 rings (SSSR count). The molecule has 1 heterocycles. The minimum Gasteiger partial charge on any atom is -0.267 e. The number of nitrogens with one attached hydrogen (secondary N) is 2. The van der Waals surface area contributed by atoms with E-state index in [9.17, 15) is 9.59 Å². The Bertz CT molecular complexity index is 691. The normalized spacial score (nSPS) is 11.1. The summed E-state index contributed by atoms with van der Waals surface area (Å²) in [5.74, 6) is -0.681. The van der Waals surface area contributed by atoms with Crippen LogP contribution in [0.25, 0.3) is 0 Å². The van der Waals surface area contributed by atoms with Crippen LogP contribution in [0.4, 0.5) is 0 Å². The summed E-state index contributed by atoms with van der Waals surface area (Å²) in [6.45, 7) is 6.32. The van der Waals surface area contributed by atoms with Crippen LogP contribution in [0.2, 0.25) is 0 Å². The smallest absolute Gasteiger partial charge is 0.267 e. The Balaban J connectivity index is 2.04. The lowest BCUT2D eigenvalue weighted by molar-refractivity contribution is 0.0849. The Morgan fingerprint density at radius 2 is 1.77 bits per heavy atom. The lowest BCUT2D eigenvalue weighted by Gasteiger charge is -2.21. The molecule has 2 N–H and O–H groups in total. The Morgan fingerprint density at radius 1 is 1.09 bits per heavy atom. The highest BCUT2D eigenvalue weighted by molar-refractivity contribution is 9.10. The van der Waals surface area contributed by atoms with E-state index in [0.29, 0.717) is 10.4 Å². The van der Waals surface area contributed by atoms with E-state index in [-0.39, 0.29) is 17.2 Å². The lowest BCUT2D eigenvalue weighted by atomic mass is 9.86. The van der Waals surface area contributed by atoms with Crippen LogP contribution in [0.1, 0.15) is 46.4 Å². The van der Waals surface area contributed by atoms with Gasteiger partial charge in [-0.3, -0.25) is 20.4 Å². The van der Waals surface area contributed by atoms with Gasteiger partial charge in [-0.1, -0.05) is 48.8 Å². The van der Waals surface area contributed by atoms with E-state index in [0.717, 1.165) is 10.0 Å². The van der Waals surface area contributed by atoms with Gasteiger partial charge in [-0.25, -0.2) is 0 Å². The van der Waals surface area contributed by atoms with Gasteiger partial charge in [0.05, 0.1) is 4.88 Å². The standard InChI is InChI=1S/C16H17BrN2O2S/c1-16(2,3)11-7-6-10(9-12(11)17)14(20)18-19-15(21)13-5-4-8-22-13/h4-9H,1-3H3,(H,18,20)(H,19,21). The summed E-state index contributed by atoms with van der Waals surface area (Å²) in [5, 5.41) is 1.80. The first kappa shape index (κ1) is 16.7. The number of amides is 2. The topological polar surface area (TPSA) is 58.2 Å². The van der Waals surface area contributed by atoms with Crippen molar-refractivity contribution < 1.29 is 9.59 Å². The van der Waals surface area contributed by atoms with Gasteiger partial charge in [0, 0.05) is 10.0 Å². The number of benzene rings is 1. The number of hydrogen-bond donors (Lipinski definition) is 2. The van der Waals surface area contributed by atoms with Gasteiger partial charge in [-0.15, -0.1) is 11.3 Å². The quantitative estimate of drug-likeness (QED) is 0.776. The molecule has 22 heavy (non-hydrogen) atoms. The van der Waals surface area contributed by atoms with E-state index in [1.54, 1.807) is 29.6 Å². The predicted molar refractivity (Wildman–Crippen MR) is 92.1 cm³/mol. The summed E-state index contributed by atoms with van der Waals surface area (Å²) >= 11 is 4.81. The van der Waals surface area contributed by atoms with Crippen LogP contribution >= 0.6 is 27.3 Å². The summed E-state index contributed by atoms with van der Waals surface area (Å²) < 4.78 is 0.872. The van der Waals surface area contributed by atoms with Gasteiger partial charge in [-0.05, 0) is 34.6 Å². The molecule has 2 aromatic rings. The molecule has 0 fully saturated rings. The second kappa shape index (κ2) is 6.62. The largest absolute Gasteiger partial charge is 0.279 e. The third-order valence-electron chi connectivity index (χ3n) is 3.07. The molecule has 0 atom stereocenters. The van der Waals surface area contributed by atoms with Crippen molar-refractivity contribution >= 4 is 39.1 Å². The molecule has 0 spiro atoms. The fourth-order valence-electron chi connectivity index (χ4n) is 1.92. The van der Waals surface area contributed by atoms with Crippen molar-refractivity contribution in [3.63, 3.8) is 0 Å². The molecule has 1 aromatic heterocycles. The van der Waals surface area contributed by atoms with Crippen molar-refractivity contribution in [1.82, 2.24) is 10.9 Å². The van der Waals surface area contributed by atoms with Gasteiger partial charge < -0.3 is 0 Å². The molecule has 1 aromatic carbocycles. The number of hydrogen-bond acceptors (Lipinski definition) is 3. The maximum atomic E-state index is 12.1. The fourth-order valence-corrected chi connectivity index (χ4v) is 3.51. The third kappa shape index (κ3) is 3.96. The van der Waals surface area contributed by atoms with Crippen LogP contribution < -0.4 is 10.9 Å². The van der Waals surface area contributed by atoms with Gasteiger partial charge in [0.25, 0.3) is 11.8 Å². The first-order valence-corrected chi connectivity index (χ1v) is 8.40. The summed E-state index contributed by atoms with van der Waals surface area (Å²) in [7, 11) is 0. The average molecular weight is 381 g/mol. The van der Waals surface area contributed by atoms with Crippen molar-refractivity contribution in [2.24, 2.45) is 0 Å². The highest BCUT2D eigenvalue weighted by Gasteiger charge is 2.18. The van der Waals surface area contributed by atoms with Crippen molar-refractivity contribution in [2.75, 3.05) is 0 Å². The number of carbonyl (C=O) groups excluding carboxylic acids is 2. The number of hydrazine groups is 1. The Morgan fingerprint density at radius 3 is 2.32 bits per heavy atom. The zero-order valence-electron chi connectivity index (χ0n) is 12.6. The minimum atomic E-state index is -0.355. The highest BCUT2D eigenvalue weighted by atomic mass is 79.9. The first-order valence-electron chi connectivity index (χ1n) is 6.73. The second-order valence-corrected chi connectivity index (χ2v) is 7.63. The second-order valence-electron chi connectivity index (χ2n) is 5.83. The van der Waals surface area contributed by atoms with Crippen molar-refractivity contribution in [2.45, 2.75) is 26.2 Å². The summed E-state index contributed by atoms with van der Waals surface area (Å²) in [5.41, 5.74) is 6.41. The van der Waals surface area contributed by atoms with Crippen LogP contribution in [-0.4, -0.2) is 11.8 Å².